The number of rotatable bonds is 5. The van der Waals surface area contributed by atoms with Gasteiger partial charge in [-0.05, 0) is 36.4 Å². The summed E-state index contributed by atoms with van der Waals surface area (Å²) in [5, 5.41) is 4.84. The number of nitrogens with one attached hydrogen (secondary N) is 1. The second kappa shape index (κ2) is 8.47. The summed E-state index contributed by atoms with van der Waals surface area (Å²) in [6.45, 7) is 1.43. The van der Waals surface area contributed by atoms with Crippen molar-refractivity contribution in [3.8, 4) is 11.3 Å². The lowest BCUT2D eigenvalue weighted by Crippen LogP contribution is -2.40. The van der Waals surface area contributed by atoms with Crippen LogP contribution in [0, 0.1) is 0 Å². The van der Waals surface area contributed by atoms with E-state index in [0.29, 0.717) is 37.6 Å². The Morgan fingerprint density at radius 1 is 1.09 bits per heavy atom. The third-order valence-corrected chi connectivity index (χ3v) is 7.92. The number of thiazole rings is 1. The topological polar surface area (TPSA) is 93.0 Å². The van der Waals surface area contributed by atoms with Gasteiger partial charge in [0.05, 0.1) is 23.8 Å². The fraction of sp³-hybridized carbons (Fsp3) is 0.182. The van der Waals surface area contributed by atoms with Crippen molar-refractivity contribution >= 4 is 37.9 Å². The Morgan fingerprint density at radius 2 is 1.88 bits per heavy atom. The second-order valence-electron chi connectivity index (χ2n) is 7.29. The van der Waals surface area contributed by atoms with Gasteiger partial charge in [-0.1, -0.05) is 12.1 Å². The molecule has 2 aromatic carbocycles. The summed E-state index contributed by atoms with van der Waals surface area (Å²) in [4.78, 5) is 18.4. The maximum Gasteiger partial charge on any atom is 0.255 e. The van der Waals surface area contributed by atoms with Crippen LogP contribution in [-0.4, -0.2) is 54.3 Å². The Morgan fingerprint density at radius 3 is 2.62 bits per heavy atom. The van der Waals surface area contributed by atoms with E-state index >= 15 is 0 Å². The van der Waals surface area contributed by atoms with Crippen LogP contribution >= 0.6 is 11.3 Å². The van der Waals surface area contributed by atoms with E-state index in [1.807, 2.05) is 40.4 Å². The van der Waals surface area contributed by atoms with E-state index in [9.17, 15) is 13.2 Å². The van der Waals surface area contributed by atoms with Gasteiger partial charge in [0.25, 0.3) is 5.91 Å². The molecule has 0 unspecified atom stereocenters. The van der Waals surface area contributed by atoms with Crippen molar-refractivity contribution in [1.82, 2.24) is 13.7 Å². The van der Waals surface area contributed by atoms with Gasteiger partial charge in [0.15, 0.2) is 4.96 Å². The Balaban J connectivity index is 1.31. The number of nitrogens with zero attached hydrogens (tertiary/aromatic N) is 3. The van der Waals surface area contributed by atoms with Gasteiger partial charge in [-0.15, -0.1) is 11.3 Å². The molecular weight excluding hydrogens is 448 g/mol. The lowest BCUT2D eigenvalue weighted by Gasteiger charge is -2.26. The van der Waals surface area contributed by atoms with E-state index in [-0.39, 0.29) is 10.8 Å². The average Bonchev–Trinajstić information content (AvgIpc) is 3.43. The number of hydrogen-bond acceptors (Lipinski definition) is 6. The number of sulfonamides is 1. The summed E-state index contributed by atoms with van der Waals surface area (Å²) >= 11 is 1.56. The maximum absolute atomic E-state index is 12.7. The monoisotopic (exact) mass is 468 g/mol. The summed E-state index contributed by atoms with van der Waals surface area (Å²) in [6, 6.07) is 13.4. The molecule has 0 bridgehead atoms. The fourth-order valence-electron chi connectivity index (χ4n) is 3.54. The molecule has 3 heterocycles. The zero-order valence-corrected chi connectivity index (χ0v) is 18.6. The van der Waals surface area contributed by atoms with Crippen LogP contribution in [0.25, 0.3) is 16.2 Å². The first kappa shape index (κ1) is 20.8. The molecule has 4 aromatic rings. The molecule has 8 nitrogen and oxygen atoms in total. The van der Waals surface area contributed by atoms with Gasteiger partial charge in [-0.2, -0.15) is 4.31 Å². The lowest BCUT2D eigenvalue weighted by atomic mass is 10.1. The van der Waals surface area contributed by atoms with Crippen molar-refractivity contribution in [1.29, 1.82) is 0 Å². The number of ether oxygens (including phenoxy) is 1. The molecule has 0 spiro atoms. The molecule has 1 fully saturated rings. The van der Waals surface area contributed by atoms with Gasteiger partial charge in [0, 0.05) is 47.7 Å². The minimum Gasteiger partial charge on any atom is -0.379 e. The molecule has 0 atom stereocenters. The normalized spacial score (nSPS) is 15.1. The van der Waals surface area contributed by atoms with Crippen molar-refractivity contribution in [2.45, 2.75) is 4.90 Å². The third-order valence-electron chi connectivity index (χ3n) is 5.23. The van der Waals surface area contributed by atoms with Gasteiger partial charge in [-0.3, -0.25) is 9.20 Å². The largest absolute Gasteiger partial charge is 0.379 e. The van der Waals surface area contributed by atoms with Crippen LogP contribution in [0.2, 0.25) is 0 Å². The van der Waals surface area contributed by atoms with Crippen molar-refractivity contribution in [2.75, 3.05) is 31.6 Å². The molecule has 1 aliphatic rings. The minimum absolute atomic E-state index is 0.165. The van der Waals surface area contributed by atoms with Crippen molar-refractivity contribution in [2.24, 2.45) is 0 Å². The number of carbonyl (C=O) groups is 1. The van der Waals surface area contributed by atoms with E-state index in [0.717, 1.165) is 16.2 Å². The number of amides is 1. The number of imidazole rings is 1. The van der Waals surface area contributed by atoms with Crippen LogP contribution in [0.3, 0.4) is 0 Å². The van der Waals surface area contributed by atoms with Crippen LogP contribution < -0.4 is 5.32 Å². The van der Waals surface area contributed by atoms with Gasteiger partial charge < -0.3 is 10.1 Å². The smallest absolute Gasteiger partial charge is 0.255 e. The highest BCUT2D eigenvalue weighted by molar-refractivity contribution is 7.89. The number of hydrogen-bond donors (Lipinski definition) is 1. The van der Waals surface area contributed by atoms with E-state index in [2.05, 4.69) is 10.3 Å². The third kappa shape index (κ3) is 4.05. The molecular formula is C22H20N4O4S2. The minimum atomic E-state index is -3.59. The molecule has 0 radical (unpaired) electrons. The fourth-order valence-corrected chi connectivity index (χ4v) is 5.65. The highest BCUT2D eigenvalue weighted by atomic mass is 32.2. The van der Waals surface area contributed by atoms with Crippen LogP contribution in [0.1, 0.15) is 10.4 Å². The predicted octanol–water partition coefficient (Wildman–Crippen LogP) is 3.34. The first-order valence-corrected chi connectivity index (χ1v) is 12.3. The Bertz CT molecular complexity index is 1340. The van der Waals surface area contributed by atoms with Crippen LogP contribution in [-0.2, 0) is 14.8 Å². The zero-order valence-electron chi connectivity index (χ0n) is 17.0. The Hall–Kier alpha value is -3.05. The first-order chi connectivity index (χ1) is 15.5. The molecule has 164 valence electrons. The second-order valence-corrected chi connectivity index (χ2v) is 10.1. The van der Waals surface area contributed by atoms with Gasteiger partial charge >= 0.3 is 0 Å². The van der Waals surface area contributed by atoms with Crippen LogP contribution in [0.15, 0.2) is 71.2 Å². The highest BCUT2D eigenvalue weighted by Gasteiger charge is 2.26. The summed E-state index contributed by atoms with van der Waals surface area (Å²) < 4.78 is 34.1. The standard InChI is InChI=1S/C22H20N4O4S2/c27-21(16-4-6-19(7-5-16)32(28,29)26-8-11-30-12-9-26)23-18-3-1-2-17(14-18)20-15-25-10-13-31-22(25)24-20/h1-7,10,13-15H,8-9,11-12H2,(H,23,27). The quantitative estimate of drug-likeness (QED) is 0.485. The van der Waals surface area contributed by atoms with Gasteiger partial charge in [0.2, 0.25) is 10.0 Å². The number of fused-ring (bicyclic) bond motifs is 1. The number of benzene rings is 2. The van der Waals surface area contributed by atoms with E-state index in [1.165, 1.54) is 28.6 Å². The van der Waals surface area contributed by atoms with Crippen LogP contribution in [0.4, 0.5) is 5.69 Å². The SMILES string of the molecule is O=C(Nc1cccc(-c2cn3ccsc3n2)c1)c1ccc(S(=O)(=O)N2CCOCC2)cc1. The molecule has 5 rings (SSSR count). The first-order valence-electron chi connectivity index (χ1n) is 10.0. The zero-order chi connectivity index (χ0) is 22.1. The lowest BCUT2D eigenvalue weighted by molar-refractivity contribution is 0.0730. The summed E-state index contributed by atoms with van der Waals surface area (Å²) in [6.07, 6.45) is 3.89. The number of morpholine rings is 1. The number of anilines is 1. The summed E-state index contributed by atoms with van der Waals surface area (Å²) in [7, 11) is -3.59. The summed E-state index contributed by atoms with van der Waals surface area (Å²) in [5.41, 5.74) is 2.73. The molecule has 1 N–H and O–H groups in total. The predicted molar refractivity (Wildman–Crippen MR) is 122 cm³/mol. The number of carbonyl (C=O) groups excluding carboxylic acids is 1. The van der Waals surface area contributed by atoms with Crippen molar-refractivity contribution < 1.29 is 17.9 Å². The van der Waals surface area contributed by atoms with Crippen molar-refractivity contribution in [3.05, 3.63) is 71.9 Å². The Labute approximate surface area is 189 Å². The molecule has 1 saturated heterocycles. The molecule has 0 saturated carbocycles. The van der Waals surface area contributed by atoms with E-state index < -0.39 is 10.0 Å². The number of aromatic nitrogens is 2. The molecule has 32 heavy (non-hydrogen) atoms. The van der Waals surface area contributed by atoms with Crippen molar-refractivity contribution in [3.63, 3.8) is 0 Å². The highest BCUT2D eigenvalue weighted by Crippen LogP contribution is 2.24. The van der Waals surface area contributed by atoms with Crippen LogP contribution in [0.5, 0.6) is 0 Å². The maximum atomic E-state index is 12.7. The molecule has 2 aromatic heterocycles. The van der Waals surface area contributed by atoms with Gasteiger partial charge in [-0.25, -0.2) is 13.4 Å². The average molecular weight is 469 g/mol. The molecule has 1 amide bonds. The molecule has 10 heteroatoms. The molecule has 1 aliphatic heterocycles. The van der Waals surface area contributed by atoms with E-state index in [4.69, 9.17) is 4.74 Å². The van der Waals surface area contributed by atoms with E-state index in [1.54, 1.807) is 17.4 Å². The van der Waals surface area contributed by atoms with Gasteiger partial charge in [0.1, 0.15) is 0 Å². The molecule has 0 aliphatic carbocycles. The summed E-state index contributed by atoms with van der Waals surface area (Å²) in [5.74, 6) is -0.316. The Kier molecular flexibility index (Phi) is 5.51.